The standard InChI is InChI=1S/C15H24BrN3O/c1-14(2)13(15(14,3)4)12(20)11-10(16)9-17-19(11)8-7-18(5)6/h9,13H,7-8H2,1-6H3. The van der Waals surface area contributed by atoms with Crippen LogP contribution in [0.4, 0.5) is 0 Å². The number of carbonyl (C=O) groups is 1. The van der Waals surface area contributed by atoms with Crippen molar-refractivity contribution >= 4 is 21.7 Å². The highest BCUT2D eigenvalue weighted by Crippen LogP contribution is 2.69. The molecule has 1 aliphatic carbocycles. The van der Waals surface area contributed by atoms with Crippen LogP contribution in [0.5, 0.6) is 0 Å². The predicted molar refractivity (Wildman–Crippen MR) is 83.9 cm³/mol. The van der Waals surface area contributed by atoms with Crippen LogP contribution in [0.3, 0.4) is 0 Å². The quantitative estimate of drug-likeness (QED) is 0.772. The molecule has 5 heteroatoms. The first-order valence-corrected chi connectivity index (χ1v) is 7.80. The molecule has 1 fully saturated rings. The van der Waals surface area contributed by atoms with Crippen molar-refractivity contribution in [2.75, 3.05) is 20.6 Å². The minimum absolute atomic E-state index is 0.0557. The Labute approximate surface area is 129 Å². The largest absolute Gasteiger partial charge is 0.308 e. The second-order valence-corrected chi connectivity index (χ2v) is 7.96. The lowest BCUT2D eigenvalue weighted by Gasteiger charge is -2.12. The molecule has 112 valence electrons. The van der Waals surface area contributed by atoms with Crippen LogP contribution in [0, 0.1) is 16.7 Å². The summed E-state index contributed by atoms with van der Waals surface area (Å²) < 4.78 is 2.64. The molecule has 4 nitrogen and oxygen atoms in total. The number of hydrogen-bond donors (Lipinski definition) is 0. The molecule has 1 aromatic rings. The lowest BCUT2D eigenvalue weighted by Crippen LogP contribution is -2.22. The van der Waals surface area contributed by atoms with Crippen molar-refractivity contribution in [1.29, 1.82) is 0 Å². The third-order valence-corrected chi connectivity index (χ3v) is 5.65. The number of hydrogen-bond acceptors (Lipinski definition) is 3. The summed E-state index contributed by atoms with van der Waals surface area (Å²) in [6, 6.07) is 0. The molecule has 0 amide bonds. The molecule has 1 heterocycles. The highest BCUT2D eigenvalue weighted by molar-refractivity contribution is 9.10. The molecule has 2 rings (SSSR count). The number of rotatable bonds is 5. The Morgan fingerprint density at radius 3 is 2.35 bits per heavy atom. The summed E-state index contributed by atoms with van der Waals surface area (Å²) in [5, 5.41) is 4.34. The van der Waals surface area contributed by atoms with Gasteiger partial charge in [0.1, 0.15) is 5.69 Å². The maximum atomic E-state index is 12.9. The molecule has 0 unspecified atom stereocenters. The molecule has 1 aliphatic rings. The Morgan fingerprint density at radius 1 is 1.35 bits per heavy atom. The zero-order valence-electron chi connectivity index (χ0n) is 13.2. The van der Waals surface area contributed by atoms with E-state index >= 15 is 0 Å². The van der Waals surface area contributed by atoms with Crippen LogP contribution in [0.2, 0.25) is 0 Å². The van der Waals surface area contributed by atoms with Crippen LogP contribution in [-0.4, -0.2) is 41.1 Å². The second-order valence-electron chi connectivity index (χ2n) is 7.11. The second kappa shape index (κ2) is 4.95. The average molecular weight is 342 g/mol. The molecular formula is C15H24BrN3O. The van der Waals surface area contributed by atoms with Gasteiger partial charge in [-0.15, -0.1) is 0 Å². The predicted octanol–water partition coefficient (Wildman–Crippen LogP) is 3.07. The van der Waals surface area contributed by atoms with E-state index in [0.29, 0.717) is 0 Å². The molecular weight excluding hydrogens is 318 g/mol. The van der Waals surface area contributed by atoms with E-state index in [2.05, 4.69) is 53.6 Å². The lowest BCUT2D eigenvalue weighted by molar-refractivity contribution is 0.0932. The van der Waals surface area contributed by atoms with Crippen molar-refractivity contribution in [3.05, 3.63) is 16.4 Å². The first-order chi connectivity index (χ1) is 9.10. The van der Waals surface area contributed by atoms with Gasteiger partial charge in [0.25, 0.3) is 0 Å². The van der Waals surface area contributed by atoms with Crippen LogP contribution >= 0.6 is 15.9 Å². The van der Waals surface area contributed by atoms with Crippen LogP contribution in [0.15, 0.2) is 10.7 Å². The topological polar surface area (TPSA) is 38.1 Å². The Morgan fingerprint density at radius 2 is 1.90 bits per heavy atom. The van der Waals surface area contributed by atoms with Gasteiger partial charge in [0, 0.05) is 12.5 Å². The number of halogens is 1. The van der Waals surface area contributed by atoms with Gasteiger partial charge in [-0.25, -0.2) is 0 Å². The van der Waals surface area contributed by atoms with E-state index in [1.807, 2.05) is 18.8 Å². The van der Waals surface area contributed by atoms with Gasteiger partial charge in [-0.1, -0.05) is 27.7 Å². The molecule has 20 heavy (non-hydrogen) atoms. The van der Waals surface area contributed by atoms with Crippen molar-refractivity contribution in [3.63, 3.8) is 0 Å². The first-order valence-electron chi connectivity index (χ1n) is 7.01. The highest BCUT2D eigenvalue weighted by Gasteiger charge is 2.68. The van der Waals surface area contributed by atoms with Crippen molar-refractivity contribution in [3.8, 4) is 0 Å². The zero-order chi connectivity index (χ0) is 15.3. The van der Waals surface area contributed by atoms with Crippen molar-refractivity contribution in [2.24, 2.45) is 16.7 Å². The molecule has 0 radical (unpaired) electrons. The number of nitrogens with zero attached hydrogens (tertiary/aromatic N) is 3. The van der Waals surface area contributed by atoms with E-state index in [0.717, 1.165) is 23.3 Å². The van der Waals surface area contributed by atoms with Gasteiger partial charge in [0.15, 0.2) is 5.78 Å². The van der Waals surface area contributed by atoms with E-state index in [4.69, 9.17) is 0 Å². The molecule has 0 N–H and O–H groups in total. The van der Waals surface area contributed by atoms with Crippen LogP contribution in [0.1, 0.15) is 38.2 Å². The Kier molecular flexibility index (Phi) is 3.89. The zero-order valence-corrected chi connectivity index (χ0v) is 14.8. The number of likely N-dealkylation sites (N-methyl/N-ethyl adjacent to an activating group) is 1. The summed E-state index contributed by atoms with van der Waals surface area (Å²) in [6.45, 7) is 10.3. The summed E-state index contributed by atoms with van der Waals surface area (Å²) in [5.74, 6) is 0.282. The van der Waals surface area contributed by atoms with Crippen molar-refractivity contribution in [1.82, 2.24) is 14.7 Å². The van der Waals surface area contributed by atoms with Crippen LogP contribution in [0.25, 0.3) is 0 Å². The summed E-state index contributed by atoms with van der Waals surface area (Å²) >= 11 is 3.48. The minimum atomic E-state index is 0.0557. The van der Waals surface area contributed by atoms with E-state index in [-0.39, 0.29) is 22.5 Å². The van der Waals surface area contributed by atoms with E-state index in [1.165, 1.54) is 0 Å². The third kappa shape index (κ3) is 2.35. The highest BCUT2D eigenvalue weighted by atomic mass is 79.9. The number of Topliss-reactive ketones (excluding diaryl/α,β-unsaturated/α-hetero) is 1. The third-order valence-electron chi connectivity index (χ3n) is 5.07. The van der Waals surface area contributed by atoms with Gasteiger partial charge in [-0.2, -0.15) is 5.10 Å². The van der Waals surface area contributed by atoms with Gasteiger partial charge in [-0.05, 0) is 40.9 Å². The van der Waals surface area contributed by atoms with Crippen LogP contribution < -0.4 is 0 Å². The van der Waals surface area contributed by atoms with Crippen molar-refractivity contribution in [2.45, 2.75) is 34.2 Å². The molecule has 1 saturated carbocycles. The monoisotopic (exact) mass is 341 g/mol. The smallest absolute Gasteiger partial charge is 0.186 e. The maximum absolute atomic E-state index is 12.9. The fourth-order valence-corrected chi connectivity index (χ4v) is 3.55. The van der Waals surface area contributed by atoms with Gasteiger partial charge < -0.3 is 4.90 Å². The molecule has 0 spiro atoms. The number of ketones is 1. The Hall–Kier alpha value is -0.680. The Bertz CT molecular complexity index is 517. The summed E-state index contributed by atoms with van der Waals surface area (Å²) in [4.78, 5) is 15.0. The number of carbonyl (C=O) groups excluding carboxylic acids is 1. The maximum Gasteiger partial charge on any atom is 0.186 e. The van der Waals surface area contributed by atoms with Crippen molar-refractivity contribution < 1.29 is 4.79 Å². The van der Waals surface area contributed by atoms with Gasteiger partial charge >= 0.3 is 0 Å². The molecule has 0 aliphatic heterocycles. The SMILES string of the molecule is CN(C)CCn1ncc(Br)c1C(=O)C1C(C)(C)C1(C)C. The summed E-state index contributed by atoms with van der Waals surface area (Å²) in [7, 11) is 4.04. The van der Waals surface area contributed by atoms with Crippen LogP contribution in [-0.2, 0) is 6.54 Å². The fraction of sp³-hybridized carbons (Fsp3) is 0.733. The van der Waals surface area contributed by atoms with Gasteiger partial charge in [0.05, 0.1) is 17.2 Å². The number of aromatic nitrogens is 2. The summed E-state index contributed by atoms with van der Waals surface area (Å²) in [5.41, 5.74) is 0.830. The average Bonchev–Trinajstić information content (AvgIpc) is 2.59. The van der Waals surface area contributed by atoms with E-state index in [1.54, 1.807) is 6.20 Å². The first kappa shape index (κ1) is 15.7. The Balaban J connectivity index is 2.25. The molecule has 0 atom stereocenters. The van der Waals surface area contributed by atoms with E-state index < -0.39 is 0 Å². The normalized spacial score (nSPS) is 20.4. The molecule has 0 bridgehead atoms. The molecule has 0 aromatic carbocycles. The fourth-order valence-electron chi connectivity index (χ4n) is 3.06. The minimum Gasteiger partial charge on any atom is -0.308 e. The molecule has 1 aromatic heterocycles. The van der Waals surface area contributed by atoms with Gasteiger partial charge in [0.2, 0.25) is 0 Å². The lowest BCUT2D eigenvalue weighted by atomic mass is 10.0. The van der Waals surface area contributed by atoms with Gasteiger partial charge in [-0.3, -0.25) is 9.48 Å². The van der Waals surface area contributed by atoms with E-state index in [9.17, 15) is 4.79 Å². The summed E-state index contributed by atoms with van der Waals surface area (Å²) in [6.07, 6.45) is 1.73. The molecule has 0 saturated heterocycles.